The molecule has 2 rings (SSSR count). The smallest absolute Gasteiger partial charge is 0.236 e. The fourth-order valence-electron chi connectivity index (χ4n) is 1.71. The van der Waals surface area contributed by atoms with Gasteiger partial charge in [0.05, 0.1) is 6.54 Å². The lowest BCUT2D eigenvalue weighted by atomic mass is 10.2. The fraction of sp³-hybridized carbons (Fsp3) is 0.462. The molecule has 3 nitrogen and oxygen atoms in total. The molecule has 0 aromatic heterocycles. The van der Waals surface area contributed by atoms with E-state index in [1.54, 1.807) is 0 Å². The summed E-state index contributed by atoms with van der Waals surface area (Å²) in [4.78, 5) is 13.6. The van der Waals surface area contributed by atoms with Gasteiger partial charge in [0.25, 0.3) is 0 Å². The number of nitrogens with zero attached hydrogens (tertiary/aromatic N) is 1. The topological polar surface area (TPSA) is 32.3 Å². The van der Waals surface area contributed by atoms with E-state index in [0.717, 1.165) is 23.9 Å². The van der Waals surface area contributed by atoms with Crippen LogP contribution in [0.2, 0.25) is 0 Å². The first kappa shape index (κ1) is 12.6. The van der Waals surface area contributed by atoms with Crippen molar-refractivity contribution in [3.05, 3.63) is 34.3 Å². The molecule has 0 saturated heterocycles. The number of rotatable bonds is 5. The van der Waals surface area contributed by atoms with E-state index in [1.165, 1.54) is 5.56 Å². The van der Waals surface area contributed by atoms with Crippen LogP contribution in [-0.2, 0) is 11.3 Å². The van der Waals surface area contributed by atoms with Crippen molar-refractivity contribution < 1.29 is 4.79 Å². The molecule has 0 spiro atoms. The average molecular weight is 297 g/mol. The zero-order valence-corrected chi connectivity index (χ0v) is 11.5. The van der Waals surface area contributed by atoms with Gasteiger partial charge in [-0.15, -0.1) is 0 Å². The minimum absolute atomic E-state index is 0.185. The van der Waals surface area contributed by atoms with E-state index in [-0.39, 0.29) is 5.91 Å². The van der Waals surface area contributed by atoms with Crippen molar-refractivity contribution in [3.63, 3.8) is 0 Å². The lowest BCUT2D eigenvalue weighted by Gasteiger charge is -2.16. The number of hydrogen-bond acceptors (Lipinski definition) is 2. The summed E-state index contributed by atoms with van der Waals surface area (Å²) >= 11 is 3.40. The molecule has 92 valence electrons. The maximum atomic E-state index is 11.7. The number of amides is 1. The summed E-state index contributed by atoms with van der Waals surface area (Å²) in [6.07, 6.45) is 2.32. The van der Waals surface area contributed by atoms with Gasteiger partial charge in [0, 0.05) is 24.1 Å². The maximum Gasteiger partial charge on any atom is 0.236 e. The lowest BCUT2D eigenvalue weighted by molar-refractivity contribution is -0.129. The lowest BCUT2D eigenvalue weighted by Crippen LogP contribution is -2.36. The molecule has 1 aromatic rings. The average Bonchev–Trinajstić information content (AvgIpc) is 3.14. The molecule has 0 heterocycles. The normalized spacial score (nSPS) is 14.7. The van der Waals surface area contributed by atoms with Gasteiger partial charge in [0.15, 0.2) is 0 Å². The number of carbonyl (C=O) groups excluding carboxylic acids is 1. The molecule has 0 atom stereocenters. The Morgan fingerprint density at radius 1 is 1.41 bits per heavy atom. The first-order chi connectivity index (χ1) is 8.16. The molecule has 0 radical (unpaired) electrons. The second kappa shape index (κ2) is 5.65. The van der Waals surface area contributed by atoms with E-state index in [4.69, 9.17) is 0 Å². The number of nitrogens with one attached hydrogen (secondary N) is 1. The fourth-order valence-corrected chi connectivity index (χ4v) is 1.97. The van der Waals surface area contributed by atoms with Crippen LogP contribution in [0.5, 0.6) is 0 Å². The SMILES string of the molecule is CN(C(=O)CNCc1ccc(Br)cc1)C1CC1. The summed E-state index contributed by atoms with van der Waals surface area (Å²) in [6, 6.07) is 8.61. The van der Waals surface area contributed by atoms with E-state index in [9.17, 15) is 4.79 Å². The second-order valence-electron chi connectivity index (χ2n) is 4.47. The van der Waals surface area contributed by atoms with Gasteiger partial charge in [-0.05, 0) is 30.5 Å². The summed E-state index contributed by atoms with van der Waals surface area (Å²) in [7, 11) is 1.89. The highest BCUT2D eigenvalue weighted by Gasteiger charge is 2.28. The second-order valence-corrected chi connectivity index (χ2v) is 5.38. The predicted molar refractivity (Wildman–Crippen MR) is 71.6 cm³/mol. The van der Waals surface area contributed by atoms with Crippen molar-refractivity contribution in [2.45, 2.75) is 25.4 Å². The summed E-state index contributed by atoms with van der Waals surface area (Å²) in [5, 5.41) is 3.18. The Kier molecular flexibility index (Phi) is 4.18. The number of carbonyl (C=O) groups is 1. The number of hydrogen-bond donors (Lipinski definition) is 1. The molecule has 1 amide bonds. The predicted octanol–water partition coefficient (Wildman–Crippen LogP) is 2.16. The minimum Gasteiger partial charge on any atom is -0.342 e. The van der Waals surface area contributed by atoms with Crippen molar-refractivity contribution in [3.8, 4) is 0 Å². The molecule has 1 fully saturated rings. The third-order valence-electron chi connectivity index (χ3n) is 3.01. The number of benzene rings is 1. The summed E-state index contributed by atoms with van der Waals surface area (Å²) in [5.41, 5.74) is 1.19. The first-order valence-corrected chi connectivity index (χ1v) is 6.67. The Balaban J connectivity index is 1.71. The highest BCUT2D eigenvalue weighted by atomic mass is 79.9. The molecule has 1 N–H and O–H groups in total. The van der Waals surface area contributed by atoms with Crippen LogP contribution in [0.25, 0.3) is 0 Å². The van der Waals surface area contributed by atoms with Crippen LogP contribution in [0.4, 0.5) is 0 Å². The monoisotopic (exact) mass is 296 g/mol. The Bertz CT molecular complexity index is 387. The van der Waals surface area contributed by atoms with Gasteiger partial charge in [0.2, 0.25) is 5.91 Å². The van der Waals surface area contributed by atoms with Crippen LogP contribution in [0.1, 0.15) is 18.4 Å². The largest absolute Gasteiger partial charge is 0.342 e. The Morgan fingerprint density at radius 2 is 2.06 bits per heavy atom. The quantitative estimate of drug-likeness (QED) is 0.903. The molecule has 1 aliphatic carbocycles. The van der Waals surface area contributed by atoms with E-state index in [0.29, 0.717) is 12.6 Å². The molecule has 0 unspecified atom stereocenters. The van der Waals surface area contributed by atoms with Crippen molar-refractivity contribution >= 4 is 21.8 Å². The minimum atomic E-state index is 0.185. The van der Waals surface area contributed by atoms with Crippen LogP contribution in [-0.4, -0.2) is 30.4 Å². The molecule has 4 heteroatoms. The van der Waals surface area contributed by atoms with Gasteiger partial charge in [-0.1, -0.05) is 28.1 Å². The molecule has 1 aliphatic rings. The third kappa shape index (κ3) is 3.82. The summed E-state index contributed by atoms with van der Waals surface area (Å²) in [6.45, 7) is 1.15. The van der Waals surface area contributed by atoms with Crippen LogP contribution < -0.4 is 5.32 Å². The number of likely N-dealkylation sites (N-methyl/N-ethyl adjacent to an activating group) is 1. The standard InChI is InChI=1S/C13H17BrN2O/c1-16(12-6-7-12)13(17)9-15-8-10-2-4-11(14)5-3-10/h2-5,12,15H,6-9H2,1H3. The number of halogens is 1. The van der Waals surface area contributed by atoms with Crippen LogP contribution >= 0.6 is 15.9 Å². The molecular weight excluding hydrogens is 280 g/mol. The maximum absolute atomic E-state index is 11.7. The van der Waals surface area contributed by atoms with Crippen LogP contribution in [0.3, 0.4) is 0 Å². The molecule has 0 bridgehead atoms. The van der Waals surface area contributed by atoms with Crippen molar-refractivity contribution in [1.82, 2.24) is 10.2 Å². The van der Waals surface area contributed by atoms with E-state index in [2.05, 4.69) is 21.2 Å². The Hall–Kier alpha value is -0.870. The highest BCUT2D eigenvalue weighted by molar-refractivity contribution is 9.10. The zero-order chi connectivity index (χ0) is 12.3. The highest BCUT2D eigenvalue weighted by Crippen LogP contribution is 2.25. The van der Waals surface area contributed by atoms with E-state index >= 15 is 0 Å². The van der Waals surface area contributed by atoms with Crippen LogP contribution in [0, 0.1) is 0 Å². The Labute approximate surface area is 110 Å². The summed E-state index contributed by atoms with van der Waals surface area (Å²) in [5.74, 6) is 0.185. The van der Waals surface area contributed by atoms with Gasteiger partial charge in [-0.25, -0.2) is 0 Å². The molecule has 17 heavy (non-hydrogen) atoms. The molecule has 1 aromatic carbocycles. The first-order valence-electron chi connectivity index (χ1n) is 5.87. The molecule has 1 saturated carbocycles. The van der Waals surface area contributed by atoms with Crippen molar-refractivity contribution in [1.29, 1.82) is 0 Å². The van der Waals surface area contributed by atoms with Gasteiger partial charge in [-0.3, -0.25) is 4.79 Å². The third-order valence-corrected chi connectivity index (χ3v) is 3.54. The zero-order valence-electron chi connectivity index (χ0n) is 9.95. The van der Waals surface area contributed by atoms with Gasteiger partial charge in [-0.2, -0.15) is 0 Å². The molecular formula is C13H17BrN2O. The van der Waals surface area contributed by atoms with E-state index < -0.39 is 0 Å². The van der Waals surface area contributed by atoms with Crippen molar-refractivity contribution in [2.75, 3.05) is 13.6 Å². The van der Waals surface area contributed by atoms with Crippen molar-refractivity contribution in [2.24, 2.45) is 0 Å². The van der Waals surface area contributed by atoms with Gasteiger partial charge >= 0.3 is 0 Å². The Morgan fingerprint density at radius 3 is 2.65 bits per heavy atom. The summed E-state index contributed by atoms with van der Waals surface area (Å²) < 4.78 is 1.07. The van der Waals surface area contributed by atoms with Gasteiger partial charge in [0.1, 0.15) is 0 Å². The van der Waals surface area contributed by atoms with Crippen LogP contribution in [0.15, 0.2) is 28.7 Å². The van der Waals surface area contributed by atoms with E-state index in [1.807, 2.05) is 36.2 Å². The van der Waals surface area contributed by atoms with Gasteiger partial charge < -0.3 is 10.2 Å². The molecule has 0 aliphatic heterocycles.